The normalized spacial score (nSPS) is 10.9. The number of anilines is 1. The summed E-state index contributed by atoms with van der Waals surface area (Å²) in [7, 11) is 0. The number of rotatable bonds is 8. The highest BCUT2D eigenvalue weighted by atomic mass is 19.4. The summed E-state index contributed by atoms with van der Waals surface area (Å²) in [6.07, 6.45) is -4.91. The molecule has 0 saturated carbocycles. The third-order valence-corrected chi connectivity index (χ3v) is 4.41. The van der Waals surface area contributed by atoms with E-state index in [4.69, 9.17) is 9.47 Å². The Morgan fingerprint density at radius 1 is 0.914 bits per heavy atom. The smallest absolute Gasteiger partial charge is 0.478 e. The van der Waals surface area contributed by atoms with E-state index in [1.54, 1.807) is 19.1 Å². The third kappa shape index (κ3) is 6.73. The number of esters is 1. The number of benzene rings is 3. The van der Waals surface area contributed by atoms with E-state index in [9.17, 15) is 32.7 Å². The first-order chi connectivity index (χ1) is 16.6. The first kappa shape index (κ1) is 25.1. The molecule has 0 aliphatic carbocycles. The van der Waals surface area contributed by atoms with Gasteiger partial charge in [-0.2, -0.15) is 0 Å². The molecule has 0 saturated heterocycles. The van der Waals surface area contributed by atoms with Gasteiger partial charge in [-0.05, 0) is 55.5 Å². The van der Waals surface area contributed by atoms with Crippen LogP contribution >= 0.6 is 0 Å². The lowest BCUT2D eigenvalue weighted by atomic mass is 10.1. The van der Waals surface area contributed by atoms with Crippen molar-refractivity contribution in [3.8, 4) is 17.2 Å². The number of alkyl halides is 3. The predicted octanol–water partition coefficient (Wildman–Crippen LogP) is 5.50. The Morgan fingerprint density at radius 2 is 1.66 bits per heavy atom. The molecule has 0 bridgehead atoms. The molecule has 35 heavy (non-hydrogen) atoms. The van der Waals surface area contributed by atoms with E-state index in [1.807, 2.05) is 0 Å². The SMILES string of the molecule is CCOC(=O)c1ccc(Oc2ccccc2NC(=O)c2cccc(OC(F)(F)F)c2)cc1C(=O)O. The summed E-state index contributed by atoms with van der Waals surface area (Å²) in [6, 6.07) is 14.4. The van der Waals surface area contributed by atoms with Crippen LogP contribution in [0.1, 0.15) is 38.0 Å². The van der Waals surface area contributed by atoms with E-state index < -0.39 is 30.0 Å². The monoisotopic (exact) mass is 489 g/mol. The number of carbonyl (C=O) groups is 3. The van der Waals surface area contributed by atoms with Crippen LogP contribution in [0.2, 0.25) is 0 Å². The molecule has 182 valence electrons. The van der Waals surface area contributed by atoms with Crippen LogP contribution in [-0.4, -0.2) is 35.9 Å². The Kier molecular flexibility index (Phi) is 7.59. The van der Waals surface area contributed by atoms with Gasteiger partial charge >= 0.3 is 18.3 Å². The van der Waals surface area contributed by atoms with Crippen molar-refractivity contribution < 1.29 is 46.9 Å². The fourth-order valence-electron chi connectivity index (χ4n) is 2.97. The van der Waals surface area contributed by atoms with Gasteiger partial charge in [0.15, 0.2) is 5.75 Å². The van der Waals surface area contributed by atoms with Crippen molar-refractivity contribution in [2.45, 2.75) is 13.3 Å². The van der Waals surface area contributed by atoms with Crippen molar-refractivity contribution >= 4 is 23.5 Å². The van der Waals surface area contributed by atoms with Crippen molar-refractivity contribution in [2.24, 2.45) is 0 Å². The first-order valence-electron chi connectivity index (χ1n) is 10.1. The minimum absolute atomic E-state index is 0.0534. The average molecular weight is 489 g/mol. The Labute approximate surface area is 196 Å². The largest absolute Gasteiger partial charge is 0.573 e. The molecule has 3 aromatic carbocycles. The molecule has 11 heteroatoms. The number of ether oxygens (including phenoxy) is 3. The molecule has 3 rings (SSSR count). The molecule has 0 heterocycles. The number of hydrogen-bond acceptors (Lipinski definition) is 6. The van der Waals surface area contributed by atoms with Crippen LogP contribution in [0.4, 0.5) is 18.9 Å². The second kappa shape index (κ2) is 10.6. The van der Waals surface area contributed by atoms with Gasteiger partial charge in [0, 0.05) is 5.56 Å². The number of carbonyl (C=O) groups excluding carboxylic acids is 2. The number of halogens is 3. The second-order valence-corrected chi connectivity index (χ2v) is 6.86. The zero-order valence-electron chi connectivity index (χ0n) is 18.1. The summed E-state index contributed by atoms with van der Waals surface area (Å²) in [5.74, 6) is -3.31. The van der Waals surface area contributed by atoms with Crippen molar-refractivity contribution in [1.82, 2.24) is 0 Å². The van der Waals surface area contributed by atoms with Crippen molar-refractivity contribution in [2.75, 3.05) is 11.9 Å². The molecule has 0 atom stereocenters. The van der Waals surface area contributed by atoms with E-state index in [1.165, 1.54) is 36.4 Å². The quantitative estimate of drug-likeness (QED) is 0.402. The van der Waals surface area contributed by atoms with E-state index in [0.29, 0.717) is 0 Å². The molecule has 0 spiro atoms. The molecule has 3 aromatic rings. The van der Waals surface area contributed by atoms with Gasteiger partial charge in [-0.25, -0.2) is 9.59 Å². The standard InChI is InChI=1S/C24H18F3NO7/c1-2-33-23(32)17-11-10-15(13-18(17)22(30)31)34-20-9-4-3-8-19(20)28-21(29)14-6-5-7-16(12-14)35-24(25,26)27/h3-13H,2H2,1H3,(H,28,29)(H,30,31). The highest BCUT2D eigenvalue weighted by Crippen LogP contribution is 2.31. The van der Waals surface area contributed by atoms with E-state index >= 15 is 0 Å². The highest BCUT2D eigenvalue weighted by Gasteiger charge is 2.31. The van der Waals surface area contributed by atoms with Gasteiger partial charge in [0.2, 0.25) is 0 Å². The Hall–Kier alpha value is -4.54. The van der Waals surface area contributed by atoms with Crippen LogP contribution in [0.3, 0.4) is 0 Å². The second-order valence-electron chi connectivity index (χ2n) is 6.86. The Morgan fingerprint density at radius 3 is 2.34 bits per heavy atom. The van der Waals surface area contributed by atoms with Gasteiger partial charge in [0.05, 0.1) is 23.4 Å². The Balaban J connectivity index is 1.83. The van der Waals surface area contributed by atoms with Gasteiger partial charge < -0.3 is 24.6 Å². The lowest BCUT2D eigenvalue weighted by Gasteiger charge is -2.14. The molecule has 0 aliphatic heterocycles. The third-order valence-electron chi connectivity index (χ3n) is 4.41. The Bertz CT molecular complexity index is 1260. The van der Waals surface area contributed by atoms with Crippen LogP contribution in [0.25, 0.3) is 0 Å². The first-order valence-corrected chi connectivity index (χ1v) is 10.1. The van der Waals surface area contributed by atoms with Crippen LogP contribution in [0.5, 0.6) is 17.2 Å². The lowest BCUT2D eigenvalue weighted by Crippen LogP contribution is -2.18. The maximum atomic E-state index is 12.6. The molecule has 0 unspecified atom stereocenters. The molecule has 1 amide bonds. The summed E-state index contributed by atoms with van der Waals surface area (Å²) < 4.78 is 51.8. The molecular formula is C24H18F3NO7. The van der Waals surface area contributed by atoms with Crippen LogP contribution in [-0.2, 0) is 4.74 Å². The zero-order valence-corrected chi connectivity index (χ0v) is 18.1. The van der Waals surface area contributed by atoms with Crippen molar-refractivity contribution in [1.29, 1.82) is 0 Å². The number of carboxylic acid groups (broad SMARTS) is 1. The molecule has 2 N–H and O–H groups in total. The van der Waals surface area contributed by atoms with Crippen LogP contribution in [0.15, 0.2) is 66.7 Å². The minimum Gasteiger partial charge on any atom is -0.478 e. The van der Waals surface area contributed by atoms with Gasteiger partial charge in [0.1, 0.15) is 11.5 Å². The molecular weight excluding hydrogens is 471 g/mol. The average Bonchev–Trinajstić information content (AvgIpc) is 2.79. The number of para-hydroxylation sites is 2. The lowest BCUT2D eigenvalue weighted by molar-refractivity contribution is -0.274. The number of aromatic carboxylic acids is 1. The summed E-state index contributed by atoms with van der Waals surface area (Å²) in [5.41, 5.74) is -0.447. The minimum atomic E-state index is -4.91. The number of hydrogen-bond donors (Lipinski definition) is 2. The van der Waals surface area contributed by atoms with Gasteiger partial charge in [-0.3, -0.25) is 4.79 Å². The fourth-order valence-corrected chi connectivity index (χ4v) is 2.97. The van der Waals surface area contributed by atoms with Gasteiger partial charge in [0.25, 0.3) is 5.91 Å². The molecule has 0 radical (unpaired) electrons. The van der Waals surface area contributed by atoms with E-state index in [-0.39, 0.29) is 40.5 Å². The molecule has 0 fully saturated rings. The summed E-state index contributed by atoms with van der Waals surface area (Å²) >= 11 is 0. The molecule has 8 nitrogen and oxygen atoms in total. The number of amides is 1. The predicted molar refractivity (Wildman–Crippen MR) is 117 cm³/mol. The molecule has 0 aromatic heterocycles. The highest BCUT2D eigenvalue weighted by molar-refractivity contribution is 6.05. The van der Waals surface area contributed by atoms with E-state index in [2.05, 4.69) is 10.1 Å². The molecule has 0 aliphatic rings. The van der Waals surface area contributed by atoms with Gasteiger partial charge in [-0.15, -0.1) is 13.2 Å². The number of nitrogens with one attached hydrogen (secondary N) is 1. The zero-order chi connectivity index (χ0) is 25.6. The fraction of sp³-hybridized carbons (Fsp3) is 0.125. The van der Waals surface area contributed by atoms with Crippen molar-refractivity contribution in [3.05, 3.63) is 83.4 Å². The number of carboxylic acids is 1. The summed E-state index contributed by atoms with van der Waals surface area (Å²) in [6.45, 7) is 1.65. The van der Waals surface area contributed by atoms with Crippen molar-refractivity contribution in [3.63, 3.8) is 0 Å². The van der Waals surface area contributed by atoms with Crippen LogP contribution in [0, 0.1) is 0 Å². The maximum absolute atomic E-state index is 12.6. The van der Waals surface area contributed by atoms with Crippen LogP contribution < -0.4 is 14.8 Å². The topological polar surface area (TPSA) is 111 Å². The summed E-state index contributed by atoms with van der Waals surface area (Å²) in [4.78, 5) is 36.3. The summed E-state index contributed by atoms with van der Waals surface area (Å²) in [5, 5.41) is 12.0. The van der Waals surface area contributed by atoms with E-state index in [0.717, 1.165) is 18.2 Å². The van der Waals surface area contributed by atoms with Gasteiger partial charge in [-0.1, -0.05) is 18.2 Å². The maximum Gasteiger partial charge on any atom is 0.573 e.